The van der Waals surface area contributed by atoms with Gasteiger partial charge in [0.05, 0.1) is 0 Å². The molecule has 0 amide bonds. The highest BCUT2D eigenvalue weighted by molar-refractivity contribution is 7.00. The van der Waals surface area contributed by atoms with E-state index < -0.39 is 0 Å². The Bertz CT molecular complexity index is 2040. The van der Waals surface area contributed by atoms with Gasteiger partial charge in [0.2, 0.25) is 0 Å². The number of nitrogens with zero attached hydrogens (tertiary/aromatic N) is 2. The summed E-state index contributed by atoms with van der Waals surface area (Å²) < 4.78 is 0. The van der Waals surface area contributed by atoms with E-state index in [0.29, 0.717) is 0 Å². The first kappa shape index (κ1) is 37.1. The molecule has 7 rings (SSSR count). The van der Waals surface area contributed by atoms with Crippen LogP contribution in [-0.2, 0) is 27.1 Å². The summed E-state index contributed by atoms with van der Waals surface area (Å²) in [5.74, 6) is 0. The van der Waals surface area contributed by atoms with Gasteiger partial charge in [0.15, 0.2) is 0 Å². The van der Waals surface area contributed by atoms with Crippen molar-refractivity contribution in [3.05, 3.63) is 125 Å². The van der Waals surface area contributed by atoms with Gasteiger partial charge in [0.1, 0.15) is 0 Å². The van der Waals surface area contributed by atoms with Gasteiger partial charge in [-0.25, -0.2) is 0 Å². The van der Waals surface area contributed by atoms with Gasteiger partial charge in [-0.2, -0.15) is 0 Å². The van der Waals surface area contributed by atoms with E-state index in [1.54, 1.807) is 0 Å². The van der Waals surface area contributed by atoms with Gasteiger partial charge in [-0.1, -0.05) is 152 Å². The van der Waals surface area contributed by atoms with Crippen molar-refractivity contribution in [3.8, 4) is 0 Å². The van der Waals surface area contributed by atoms with Crippen LogP contribution in [0.1, 0.15) is 132 Å². The van der Waals surface area contributed by atoms with Crippen LogP contribution < -0.4 is 26.2 Å². The van der Waals surface area contributed by atoms with Crippen LogP contribution in [0, 0.1) is 0 Å². The number of hydrogen-bond acceptors (Lipinski definition) is 2. The lowest BCUT2D eigenvalue weighted by molar-refractivity contribution is 0.589. The number of hydrogen-bond donors (Lipinski definition) is 0. The maximum Gasteiger partial charge on any atom is 0.252 e. The van der Waals surface area contributed by atoms with Gasteiger partial charge in [-0.05, 0) is 120 Å². The third-order valence-electron chi connectivity index (χ3n) is 11.6. The molecule has 0 fully saturated rings. The molecule has 2 aliphatic rings. The van der Waals surface area contributed by atoms with E-state index in [9.17, 15) is 0 Å². The van der Waals surface area contributed by atoms with Crippen LogP contribution in [0.3, 0.4) is 0 Å². The van der Waals surface area contributed by atoms with E-state index in [2.05, 4.69) is 211 Å². The van der Waals surface area contributed by atoms with Crippen LogP contribution in [0.5, 0.6) is 0 Å². The third kappa shape index (κ3) is 6.53. The third-order valence-corrected chi connectivity index (χ3v) is 11.6. The minimum atomic E-state index is -0.0582. The molecule has 5 aromatic rings. The Labute approximate surface area is 321 Å². The van der Waals surface area contributed by atoms with Gasteiger partial charge >= 0.3 is 0 Å². The van der Waals surface area contributed by atoms with E-state index >= 15 is 0 Å². The summed E-state index contributed by atoms with van der Waals surface area (Å²) in [5.41, 5.74) is 18.5. The van der Waals surface area contributed by atoms with Crippen molar-refractivity contribution in [2.45, 2.75) is 131 Å². The van der Waals surface area contributed by atoms with Crippen LogP contribution in [0.25, 0.3) is 0 Å². The molecule has 0 spiro atoms. The molecule has 0 atom stereocenters. The Hall–Kier alpha value is -4.24. The highest BCUT2D eigenvalue weighted by atomic mass is 15.2. The average Bonchev–Trinajstić information content (AvgIpc) is 3.05. The highest BCUT2D eigenvalue weighted by Crippen LogP contribution is 2.47. The summed E-state index contributed by atoms with van der Waals surface area (Å²) >= 11 is 0. The van der Waals surface area contributed by atoms with Crippen LogP contribution in [0.4, 0.5) is 34.1 Å². The lowest BCUT2D eigenvalue weighted by atomic mass is 9.33. The molecule has 0 N–H and O–H groups in total. The molecule has 274 valence electrons. The smallest absolute Gasteiger partial charge is 0.252 e. The van der Waals surface area contributed by atoms with Gasteiger partial charge in [-0.3, -0.25) is 0 Å². The molecule has 3 heteroatoms. The Kier molecular flexibility index (Phi) is 8.50. The summed E-state index contributed by atoms with van der Waals surface area (Å²) in [4.78, 5) is 5.14. The van der Waals surface area contributed by atoms with Gasteiger partial charge in [0.25, 0.3) is 6.71 Å². The maximum absolute atomic E-state index is 2.57. The lowest BCUT2D eigenvalue weighted by Crippen LogP contribution is -2.61. The van der Waals surface area contributed by atoms with Crippen LogP contribution in [0.15, 0.2) is 97.1 Å². The van der Waals surface area contributed by atoms with Crippen LogP contribution in [-0.4, -0.2) is 6.71 Å². The van der Waals surface area contributed by atoms with Crippen LogP contribution in [0.2, 0.25) is 0 Å². The summed E-state index contributed by atoms with van der Waals surface area (Å²) in [6.07, 6.45) is 0. The van der Waals surface area contributed by atoms with Crippen molar-refractivity contribution in [2.75, 3.05) is 9.80 Å². The van der Waals surface area contributed by atoms with Crippen molar-refractivity contribution >= 4 is 57.2 Å². The molecule has 2 heterocycles. The fraction of sp³-hybridized carbons (Fsp3) is 0.400. The quantitative estimate of drug-likeness (QED) is 0.166. The fourth-order valence-electron chi connectivity index (χ4n) is 8.15. The summed E-state index contributed by atoms with van der Waals surface area (Å²) in [6.45, 7) is 34.9. The molecule has 2 nitrogen and oxygen atoms in total. The van der Waals surface area contributed by atoms with Gasteiger partial charge in [0, 0.05) is 34.1 Å². The molecule has 2 aliphatic heterocycles. The molecule has 0 saturated carbocycles. The average molecular weight is 701 g/mol. The monoisotopic (exact) mass is 700 g/mol. The fourth-order valence-corrected chi connectivity index (χ4v) is 8.15. The van der Waals surface area contributed by atoms with E-state index in [-0.39, 0.29) is 33.8 Å². The predicted octanol–water partition coefficient (Wildman–Crippen LogP) is 12.3. The molecule has 0 aliphatic carbocycles. The predicted molar refractivity (Wildman–Crippen MR) is 234 cm³/mol. The van der Waals surface area contributed by atoms with E-state index in [0.717, 1.165) is 0 Å². The topological polar surface area (TPSA) is 6.48 Å². The number of fused-ring (bicyclic) bond motifs is 4. The number of anilines is 6. The highest BCUT2D eigenvalue weighted by Gasteiger charge is 2.45. The summed E-state index contributed by atoms with van der Waals surface area (Å²) in [5, 5.41) is 0. The van der Waals surface area contributed by atoms with E-state index in [1.807, 2.05) is 0 Å². The van der Waals surface area contributed by atoms with E-state index in [1.165, 1.54) is 78.3 Å². The SMILES string of the molecule is CC(C)(C)c1ccc(N2c3ccc(C(C)(C)C)cc3B3c4cc(C(C)(C)C)ccc4N(c4ccc(C(C)(C)C)cc4)c4cc(C(C)(C)C)cc2c43)cc1. The maximum atomic E-state index is 2.57. The molecule has 0 aromatic heterocycles. The molecule has 0 radical (unpaired) electrons. The lowest BCUT2D eigenvalue weighted by Gasteiger charge is -2.45. The van der Waals surface area contributed by atoms with Crippen molar-refractivity contribution in [1.82, 2.24) is 0 Å². The summed E-state index contributed by atoms with van der Waals surface area (Å²) in [6, 6.07) is 38.3. The first-order valence-corrected chi connectivity index (χ1v) is 19.7. The van der Waals surface area contributed by atoms with Gasteiger partial charge < -0.3 is 9.80 Å². The normalized spacial score (nSPS) is 14.6. The van der Waals surface area contributed by atoms with Crippen LogP contribution >= 0.6 is 0 Å². The molecular weight excluding hydrogens is 639 g/mol. The minimum absolute atomic E-state index is 0.0129. The zero-order chi connectivity index (χ0) is 38.6. The largest absolute Gasteiger partial charge is 0.311 e. The second-order valence-corrected chi connectivity index (χ2v) is 20.9. The van der Waals surface area contributed by atoms with Gasteiger partial charge in [-0.15, -0.1) is 0 Å². The van der Waals surface area contributed by atoms with Crippen molar-refractivity contribution < 1.29 is 0 Å². The van der Waals surface area contributed by atoms with E-state index in [4.69, 9.17) is 0 Å². The van der Waals surface area contributed by atoms with Crippen molar-refractivity contribution in [3.63, 3.8) is 0 Å². The number of benzene rings is 5. The minimum Gasteiger partial charge on any atom is -0.311 e. The Balaban J connectivity index is 1.61. The first-order chi connectivity index (χ1) is 24.4. The van der Waals surface area contributed by atoms with Crippen molar-refractivity contribution in [2.24, 2.45) is 0 Å². The Morgan fingerprint density at radius 1 is 0.321 bits per heavy atom. The second kappa shape index (κ2) is 12.1. The zero-order valence-corrected chi connectivity index (χ0v) is 35.2. The first-order valence-electron chi connectivity index (χ1n) is 19.7. The standard InChI is InChI=1S/C50H61BN2/c1-46(2,3)32-16-22-37(23-17-32)52-41-26-20-34(48(7,8)9)28-39(41)51-40-29-35(49(10,11)12)21-27-42(40)53(38-24-18-33(19-25-38)47(4,5)6)44-31-36(50(13,14)15)30-43(52)45(44)51/h16-31H,1-15H3. The Morgan fingerprint density at radius 2 is 0.623 bits per heavy atom. The summed E-state index contributed by atoms with van der Waals surface area (Å²) in [7, 11) is 0. The molecule has 53 heavy (non-hydrogen) atoms. The molecule has 0 unspecified atom stereocenters. The molecule has 0 bridgehead atoms. The molecule has 5 aromatic carbocycles. The zero-order valence-electron chi connectivity index (χ0n) is 35.2. The Morgan fingerprint density at radius 3 is 0.925 bits per heavy atom. The molecule has 0 saturated heterocycles. The molecular formula is C50H61BN2. The number of rotatable bonds is 2. The second-order valence-electron chi connectivity index (χ2n) is 20.9. The van der Waals surface area contributed by atoms with Crippen molar-refractivity contribution in [1.29, 1.82) is 0 Å².